The Bertz CT molecular complexity index is 272. The molecule has 0 aromatic carbocycles. The molecule has 0 aliphatic rings. The van der Waals surface area contributed by atoms with E-state index in [2.05, 4.69) is 6.92 Å². The van der Waals surface area contributed by atoms with Crippen molar-refractivity contribution in [1.82, 2.24) is 0 Å². The van der Waals surface area contributed by atoms with Crippen molar-refractivity contribution < 1.29 is 0 Å². The van der Waals surface area contributed by atoms with Crippen LogP contribution in [-0.4, -0.2) is 0 Å². The molecule has 11 heavy (non-hydrogen) atoms. The van der Waals surface area contributed by atoms with Crippen LogP contribution in [0.4, 0.5) is 0 Å². The largest absolute Gasteiger partial charge is 0.312 e. The predicted octanol–water partition coefficient (Wildman–Crippen LogP) is 1.83. The van der Waals surface area contributed by atoms with Crippen molar-refractivity contribution in [3.8, 4) is 6.07 Å². The SMILES string of the molecule is CCc1sccc1C(N)C#N. The molecule has 0 spiro atoms. The minimum Gasteiger partial charge on any atom is -0.312 e. The van der Waals surface area contributed by atoms with E-state index in [9.17, 15) is 0 Å². The second-order valence-corrected chi connectivity index (χ2v) is 3.26. The van der Waals surface area contributed by atoms with Gasteiger partial charge in [0.05, 0.1) is 6.07 Å². The van der Waals surface area contributed by atoms with E-state index in [1.165, 1.54) is 4.88 Å². The first kappa shape index (κ1) is 8.25. The second kappa shape index (κ2) is 3.51. The van der Waals surface area contributed by atoms with Crippen LogP contribution in [0.3, 0.4) is 0 Å². The van der Waals surface area contributed by atoms with Crippen LogP contribution in [0, 0.1) is 11.3 Å². The molecule has 3 heteroatoms. The highest BCUT2D eigenvalue weighted by Crippen LogP contribution is 2.21. The molecular weight excluding hydrogens is 156 g/mol. The maximum absolute atomic E-state index is 8.56. The predicted molar refractivity (Wildman–Crippen MR) is 46.2 cm³/mol. The summed E-state index contributed by atoms with van der Waals surface area (Å²) in [5.74, 6) is 0. The van der Waals surface area contributed by atoms with E-state index in [-0.39, 0.29) is 0 Å². The molecule has 0 bridgehead atoms. The second-order valence-electron chi connectivity index (χ2n) is 2.26. The molecule has 1 heterocycles. The highest BCUT2D eigenvalue weighted by atomic mass is 32.1. The molecule has 2 nitrogen and oxygen atoms in total. The third kappa shape index (κ3) is 1.59. The smallest absolute Gasteiger partial charge is 0.119 e. The van der Waals surface area contributed by atoms with Gasteiger partial charge in [0.2, 0.25) is 0 Å². The molecule has 2 N–H and O–H groups in total. The Labute approximate surface area is 70.3 Å². The maximum atomic E-state index is 8.56. The molecule has 1 rings (SSSR count). The van der Waals surface area contributed by atoms with Crippen LogP contribution in [0.2, 0.25) is 0 Å². The summed E-state index contributed by atoms with van der Waals surface area (Å²) in [6.45, 7) is 2.07. The molecule has 0 saturated heterocycles. The summed E-state index contributed by atoms with van der Waals surface area (Å²) in [7, 11) is 0. The Kier molecular flexibility index (Phi) is 2.64. The van der Waals surface area contributed by atoms with Gasteiger partial charge in [0.25, 0.3) is 0 Å². The van der Waals surface area contributed by atoms with Crippen LogP contribution < -0.4 is 5.73 Å². The van der Waals surface area contributed by atoms with Gasteiger partial charge in [0.1, 0.15) is 6.04 Å². The van der Waals surface area contributed by atoms with Crippen LogP contribution in [-0.2, 0) is 6.42 Å². The third-order valence-electron chi connectivity index (χ3n) is 1.58. The molecule has 0 aliphatic heterocycles. The van der Waals surface area contributed by atoms with Gasteiger partial charge in [-0.15, -0.1) is 11.3 Å². The van der Waals surface area contributed by atoms with Crippen LogP contribution in [0.25, 0.3) is 0 Å². The molecular formula is C8H10N2S. The van der Waals surface area contributed by atoms with Gasteiger partial charge < -0.3 is 5.73 Å². The van der Waals surface area contributed by atoms with Crippen LogP contribution in [0.5, 0.6) is 0 Å². The van der Waals surface area contributed by atoms with Crippen molar-refractivity contribution in [3.63, 3.8) is 0 Å². The number of aryl methyl sites for hydroxylation is 1. The van der Waals surface area contributed by atoms with Crippen LogP contribution in [0.15, 0.2) is 11.4 Å². The first-order valence-electron chi connectivity index (χ1n) is 3.51. The molecule has 58 valence electrons. The molecule has 0 fully saturated rings. The Morgan fingerprint density at radius 3 is 3.09 bits per heavy atom. The topological polar surface area (TPSA) is 49.8 Å². The summed E-state index contributed by atoms with van der Waals surface area (Å²) >= 11 is 1.66. The Balaban J connectivity index is 2.94. The Morgan fingerprint density at radius 1 is 1.82 bits per heavy atom. The number of nitrogens with zero attached hydrogens (tertiary/aromatic N) is 1. The molecule has 0 amide bonds. The van der Waals surface area contributed by atoms with Crippen LogP contribution >= 0.6 is 11.3 Å². The average molecular weight is 166 g/mol. The van der Waals surface area contributed by atoms with Crippen molar-refractivity contribution >= 4 is 11.3 Å². The van der Waals surface area contributed by atoms with E-state index in [1.54, 1.807) is 11.3 Å². The minimum absolute atomic E-state index is 0.448. The quantitative estimate of drug-likeness (QED) is 0.728. The molecule has 0 saturated carbocycles. The lowest BCUT2D eigenvalue weighted by atomic mass is 10.1. The molecule has 1 unspecified atom stereocenters. The van der Waals surface area contributed by atoms with E-state index in [0.29, 0.717) is 0 Å². The fourth-order valence-corrected chi connectivity index (χ4v) is 1.86. The van der Waals surface area contributed by atoms with Crippen molar-refractivity contribution in [2.75, 3.05) is 0 Å². The van der Waals surface area contributed by atoms with Gasteiger partial charge in [0, 0.05) is 4.88 Å². The van der Waals surface area contributed by atoms with Crippen molar-refractivity contribution in [2.24, 2.45) is 5.73 Å². The fourth-order valence-electron chi connectivity index (χ4n) is 0.985. The fraction of sp³-hybridized carbons (Fsp3) is 0.375. The maximum Gasteiger partial charge on any atom is 0.119 e. The van der Waals surface area contributed by atoms with E-state index < -0.39 is 6.04 Å². The number of nitriles is 1. The van der Waals surface area contributed by atoms with Crippen LogP contribution in [0.1, 0.15) is 23.4 Å². The number of rotatable bonds is 2. The normalized spacial score (nSPS) is 12.5. The Hall–Kier alpha value is -0.850. The molecule has 0 aliphatic carbocycles. The lowest BCUT2D eigenvalue weighted by Crippen LogP contribution is -2.07. The summed E-state index contributed by atoms with van der Waals surface area (Å²) < 4.78 is 0. The summed E-state index contributed by atoms with van der Waals surface area (Å²) in [6, 6.07) is 3.51. The summed E-state index contributed by atoms with van der Waals surface area (Å²) in [4.78, 5) is 1.22. The van der Waals surface area contributed by atoms with Gasteiger partial charge in [-0.3, -0.25) is 0 Å². The zero-order valence-corrected chi connectivity index (χ0v) is 7.19. The lowest BCUT2D eigenvalue weighted by Gasteiger charge is -2.01. The highest BCUT2D eigenvalue weighted by Gasteiger charge is 2.09. The third-order valence-corrected chi connectivity index (χ3v) is 2.66. The number of thiophene rings is 1. The zero-order chi connectivity index (χ0) is 8.27. The van der Waals surface area contributed by atoms with E-state index in [1.807, 2.05) is 17.5 Å². The first-order valence-corrected chi connectivity index (χ1v) is 4.39. The van der Waals surface area contributed by atoms with Gasteiger partial charge >= 0.3 is 0 Å². The van der Waals surface area contributed by atoms with Crippen molar-refractivity contribution in [1.29, 1.82) is 5.26 Å². The van der Waals surface area contributed by atoms with Gasteiger partial charge in [-0.25, -0.2) is 0 Å². The van der Waals surface area contributed by atoms with Gasteiger partial charge in [-0.1, -0.05) is 6.92 Å². The molecule has 0 radical (unpaired) electrons. The van der Waals surface area contributed by atoms with Gasteiger partial charge in [0.15, 0.2) is 0 Å². The first-order chi connectivity index (χ1) is 5.29. The number of nitrogens with two attached hydrogens (primary N) is 1. The van der Waals surface area contributed by atoms with E-state index in [0.717, 1.165) is 12.0 Å². The zero-order valence-electron chi connectivity index (χ0n) is 6.37. The average Bonchev–Trinajstić information content (AvgIpc) is 2.50. The lowest BCUT2D eigenvalue weighted by molar-refractivity contribution is 0.911. The molecule has 1 aromatic rings. The monoisotopic (exact) mass is 166 g/mol. The van der Waals surface area contributed by atoms with E-state index >= 15 is 0 Å². The highest BCUT2D eigenvalue weighted by molar-refractivity contribution is 7.10. The Morgan fingerprint density at radius 2 is 2.55 bits per heavy atom. The van der Waals surface area contributed by atoms with Gasteiger partial charge in [-0.05, 0) is 23.4 Å². The van der Waals surface area contributed by atoms with E-state index in [4.69, 9.17) is 11.0 Å². The summed E-state index contributed by atoms with van der Waals surface area (Å²) in [5, 5.41) is 10.5. The van der Waals surface area contributed by atoms with Crippen molar-refractivity contribution in [3.05, 3.63) is 21.9 Å². The minimum atomic E-state index is -0.448. The summed E-state index contributed by atoms with van der Waals surface area (Å²) in [6.07, 6.45) is 0.961. The molecule has 1 atom stereocenters. The number of hydrogen-bond donors (Lipinski definition) is 1. The number of hydrogen-bond acceptors (Lipinski definition) is 3. The molecule has 1 aromatic heterocycles. The summed E-state index contributed by atoms with van der Waals surface area (Å²) in [5.41, 5.74) is 6.55. The van der Waals surface area contributed by atoms with Crippen molar-refractivity contribution in [2.45, 2.75) is 19.4 Å². The van der Waals surface area contributed by atoms with Gasteiger partial charge in [-0.2, -0.15) is 5.26 Å². The standard InChI is InChI=1S/C8H10N2S/c1-2-8-6(3-4-11-8)7(10)5-9/h3-4,7H,2,10H2,1H3.